The van der Waals surface area contributed by atoms with Crippen molar-refractivity contribution in [1.82, 2.24) is 9.80 Å². The molecule has 0 aromatic rings. The Hall–Kier alpha value is -1.33. The number of carbonyl (C=O) groups excluding carboxylic acids is 1. The summed E-state index contributed by atoms with van der Waals surface area (Å²) in [6.45, 7) is 10.8. The Morgan fingerprint density at radius 3 is 1.67 bits per heavy atom. The van der Waals surface area contributed by atoms with Gasteiger partial charge < -0.3 is 14.4 Å². The smallest absolute Gasteiger partial charge is 0.433 e. The van der Waals surface area contributed by atoms with Gasteiger partial charge in [0, 0.05) is 19.6 Å². The molecule has 0 spiro atoms. The van der Waals surface area contributed by atoms with Gasteiger partial charge in [-0.3, -0.25) is 4.90 Å². The van der Waals surface area contributed by atoms with Crippen molar-refractivity contribution in [2.75, 3.05) is 46.9 Å². The third-order valence-corrected chi connectivity index (χ3v) is 8.06. The van der Waals surface area contributed by atoms with Gasteiger partial charge in [-0.15, -0.1) is 0 Å². The molecule has 0 rings (SSSR count). The van der Waals surface area contributed by atoms with Crippen molar-refractivity contribution >= 4 is 6.16 Å². The fourth-order valence-electron chi connectivity index (χ4n) is 5.15. The number of carbonyl (C=O) groups is 1. The number of nitrogens with zero attached hydrogens (tertiary/aromatic N) is 2. The van der Waals surface area contributed by atoms with Crippen LogP contribution < -0.4 is 0 Å². The number of unbranched alkanes of at least 4 members (excludes halogenated alkanes) is 15. The van der Waals surface area contributed by atoms with Gasteiger partial charge >= 0.3 is 6.16 Å². The van der Waals surface area contributed by atoms with Gasteiger partial charge in [-0.25, -0.2) is 4.79 Å². The molecule has 42 heavy (non-hydrogen) atoms. The Morgan fingerprint density at radius 2 is 1.12 bits per heavy atom. The molecule has 1 atom stereocenters. The third kappa shape index (κ3) is 30.1. The van der Waals surface area contributed by atoms with Crippen molar-refractivity contribution in [2.24, 2.45) is 0 Å². The van der Waals surface area contributed by atoms with Crippen LogP contribution in [0.5, 0.6) is 0 Å². The molecular formula is C37H72N2O3. The van der Waals surface area contributed by atoms with E-state index in [0.717, 1.165) is 58.3 Å². The summed E-state index contributed by atoms with van der Waals surface area (Å²) in [6.07, 6.45) is 34.7. The molecule has 0 aliphatic heterocycles. The Morgan fingerprint density at radius 1 is 0.619 bits per heavy atom. The second-order valence-corrected chi connectivity index (χ2v) is 12.4. The van der Waals surface area contributed by atoms with Crippen molar-refractivity contribution in [3.8, 4) is 0 Å². The van der Waals surface area contributed by atoms with Gasteiger partial charge in [0.05, 0.1) is 0 Å². The monoisotopic (exact) mass is 593 g/mol. The molecule has 0 aromatic heterocycles. The zero-order valence-corrected chi connectivity index (χ0v) is 28.9. The molecule has 0 aromatic carbocycles. The highest BCUT2D eigenvalue weighted by molar-refractivity contribution is 5.60. The lowest BCUT2D eigenvalue weighted by molar-refractivity contribution is 0.0120. The van der Waals surface area contributed by atoms with Crippen LogP contribution in [0, 0.1) is 0 Å². The lowest BCUT2D eigenvalue weighted by Crippen LogP contribution is -2.34. The first-order valence-corrected chi connectivity index (χ1v) is 18.0. The molecule has 0 fully saturated rings. The molecule has 0 heterocycles. The summed E-state index contributed by atoms with van der Waals surface area (Å²) < 4.78 is 11.3. The minimum atomic E-state index is -0.481. The molecule has 0 amide bonds. The van der Waals surface area contributed by atoms with E-state index in [1.807, 2.05) is 0 Å². The fourth-order valence-corrected chi connectivity index (χ4v) is 5.15. The normalized spacial score (nSPS) is 12.7. The van der Waals surface area contributed by atoms with E-state index in [1.54, 1.807) is 0 Å². The van der Waals surface area contributed by atoms with Crippen molar-refractivity contribution < 1.29 is 14.3 Å². The van der Waals surface area contributed by atoms with Crippen molar-refractivity contribution in [3.05, 3.63) is 24.3 Å². The van der Waals surface area contributed by atoms with E-state index in [1.165, 1.54) is 103 Å². The Balaban J connectivity index is 4.23. The maximum absolute atomic E-state index is 12.5. The van der Waals surface area contributed by atoms with Gasteiger partial charge in [0.2, 0.25) is 0 Å². The first kappa shape index (κ1) is 40.7. The van der Waals surface area contributed by atoms with E-state index in [2.05, 4.69) is 69.0 Å². The first-order chi connectivity index (χ1) is 20.5. The van der Waals surface area contributed by atoms with E-state index in [9.17, 15) is 4.79 Å². The Bertz CT molecular complexity index is 620. The molecule has 5 heteroatoms. The second kappa shape index (κ2) is 32.6. The zero-order chi connectivity index (χ0) is 30.9. The fraction of sp³-hybridized carbons (Fsp3) is 0.865. The SMILES string of the molecule is CCCCC/C=C\C/C=C\CCCCCCCC(CCCCCCCCCC)OC(=O)OCCN(CC)CCN(C)C. The van der Waals surface area contributed by atoms with Crippen molar-refractivity contribution in [2.45, 2.75) is 162 Å². The van der Waals surface area contributed by atoms with Gasteiger partial charge in [-0.2, -0.15) is 0 Å². The van der Waals surface area contributed by atoms with Crippen LogP contribution in [0.15, 0.2) is 24.3 Å². The second-order valence-electron chi connectivity index (χ2n) is 12.4. The van der Waals surface area contributed by atoms with E-state index in [4.69, 9.17) is 9.47 Å². The summed E-state index contributed by atoms with van der Waals surface area (Å²) in [6, 6.07) is 0. The molecule has 248 valence electrons. The maximum Gasteiger partial charge on any atom is 0.508 e. The molecule has 0 aliphatic carbocycles. The minimum absolute atomic E-state index is 0.00780. The average Bonchev–Trinajstić information content (AvgIpc) is 2.97. The van der Waals surface area contributed by atoms with Crippen LogP contribution >= 0.6 is 0 Å². The summed E-state index contributed by atoms with van der Waals surface area (Å²) in [7, 11) is 4.17. The summed E-state index contributed by atoms with van der Waals surface area (Å²) in [5.74, 6) is 0. The van der Waals surface area contributed by atoms with E-state index >= 15 is 0 Å². The number of ether oxygens (including phenoxy) is 2. The number of hydrogen-bond acceptors (Lipinski definition) is 5. The van der Waals surface area contributed by atoms with Crippen LogP contribution in [0.3, 0.4) is 0 Å². The Kier molecular flexibility index (Phi) is 31.5. The van der Waals surface area contributed by atoms with Crippen LogP contribution in [0.25, 0.3) is 0 Å². The first-order valence-electron chi connectivity index (χ1n) is 18.0. The average molecular weight is 593 g/mol. The van der Waals surface area contributed by atoms with Crippen LogP contribution in [-0.4, -0.2) is 68.9 Å². The summed E-state index contributed by atoms with van der Waals surface area (Å²) in [5, 5.41) is 0. The predicted octanol–water partition coefficient (Wildman–Crippen LogP) is 10.7. The lowest BCUT2D eigenvalue weighted by atomic mass is 10.0. The molecule has 5 nitrogen and oxygen atoms in total. The van der Waals surface area contributed by atoms with Crippen molar-refractivity contribution in [1.29, 1.82) is 0 Å². The highest BCUT2D eigenvalue weighted by Gasteiger charge is 2.16. The summed E-state index contributed by atoms with van der Waals surface area (Å²) in [4.78, 5) is 17.0. The molecule has 0 aliphatic rings. The molecule has 1 unspecified atom stereocenters. The lowest BCUT2D eigenvalue weighted by Gasteiger charge is -2.22. The van der Waals surface area contributed by atoms with Gasteiger partial charge in [0.15, 0.2) is 0 Å². The number of hydrogen-bond donors (Lipinski definition) is 0. The number of rotatable bonds is 31. The largest absolute Gasteiger partial charge is 0.508 e. The molecule has 0 radical (unpaired) electrons. The third-order valence-electron chi connectivity index (χ3n) is 8.06. The molecule has 0 N–H and O–H groups in total. The van der Waals surface area contributed by atoms with Gasteiger partial charge in [0.25, 0.3) is 0 Å². The van der Waals surface area contributed by atoms with E-state index in [0.29, 0.717) is 6.61 Å². The van der Waals surface area contributed by atoms with Gasteiger partial charge in [0.1, 0.15) is 12.7 Å². The molecule has 0 bridgehead atoms. The standard InChI is InChI=1S/C37H72N2O3/c1-6-9-11-13-15-17-18-19-20-21-22-23-25-27-29-31-36(30-28-26-24-16-14-12-10-7-2)42-37(40)41-35-34-39(8-3)33-32-38(4)5/h15,17,19-20,36H,6-14,16,18,21-35H2,1-5H3/b17-15-,20-19-. The molecular weight excluding hydrogens is 520 g/mol. The minimum Gasteiger partial charge on any atom is -0.433 e. The van der Waals surface area contributed by atoms with Gasteiger partial charge in [-0.1, -0.05) is 122 Å². The summed E-state index contributed by atoms with van der Waals surface area (Å²) >= 11 is 0. The predicted molar refractivity (Wildman–Crippen MR) is 183 cm³/mol. The number of likely N-dealkylation sites (N-methyl/N-ethyl adjacent to an activating group) is 2. The van der Waals surface area contributed by atoms with Gasteiger partial charge in [-0.05, 0) is 78.4 Å². The van der Waals surface area contributed by atoms with E-state index < -0.39 is 6.16 Å². The topological polar surface area (TPSA) is 42.0 Å². The maximum atomic E-state index is 12.5. The summed E-state index contributed by atoms with van der Waals surface area (Å²) in [5.41, 5.74) is 0. The zero-order valence-electron chi connectivity index (χ0n) is 28.9. The van der Waals surface area contributed by atoms with Crippen LogP contribution in [-0.2, 0) is 9.47 Å². The highest BCUT2D eigenvalue weighted by atomic mass is 16.7. The molecule has 0 saturated heterocycles. The van der Waals surface area contributed by atoms with E-state index in [-0.39, 0.29) is 6.10 Å². The Labute approximate surface area is 262 Å². The number of allylic oxidation sites excluding steroid dienone is 4. The van der Waals surface area contributed by atoms with Crippen LogP contribution in [0.2, 0.25) is 0 Å². The highest BCUT2D eigenvalue weighted by Crippen LogP contribution is 2.18. The van der Waals surface area contributed by atoms with Crippen LogP contribution in [0.1, 0.15) is 156 Å². The van der Waals surface area contributed by atoms with Crippen molar-refractivity contribution in [3.63, 3.8) is 0 Å². The van der Waals surface area contributed by atoms with Crippen LogP contribution in [0.4, 0.5) is 4.79 Å². The quantitative estimate of drug-likeness (QED) is 0.0455. The molecule has 0 saturated carbocycles.